The molecule has 4 rings (SSSR count). The summed E-state index contributed by atoms with van der Waals surface area (Å²) in [5, 5.41) is 3.23. The van der Waals surface area contributed by atoms with Crippen molar-refractivity contribution >= 4 is 22.6 Å². The first-order valence-electron chi connectivity index (χ1n) is 8.67. The monoisotopic (exact) mass is 398 g/mol. The van der Waals surface area contributed by atoms with Gasteiger partial charge in [-0.05, 0) is 48.0 Å². The summed E-state index contributed by atoms with van der Waals surface area (Å²) >= 11 is 0. The van der Waals surface area contributed by atoms with Gasteiger partial charge in [0, 0.05) is 22.8 Å². The smallest absolute Gasteiger partial charge is 0.307 e. The minimum atomic E-state index is -4.46. The van der Waals surface area contributed by atoms with Crippen LogP contribution >= 0.6 is 0 Å². The highest BCUT2D eigenvalue weighted by atomic mass is 19.4. The first-order valence-corrected chi connectivity index (χ1v) is 8.67. The van der Waals surface area contributed by atoms with Crippen LogP contribution in [0.1, 0.15) is 5.56 Å². The summed E-state index contributed by atoms with van der Waals surface area (Å²) in [7, 11) is 0. The fraction of sp³-hybridized carbons (Fsp3) is 0.0455. The van der Waals surface area contributed by atoms with Gasteiger partial charge in [-0.3, -0.25) is 4.57 Å². The molecule has 1 N–H and O–H groups in total. The number of alkyl halides is 3. The van der Waals surface area contributed by atoms with Gasteiger partial charge in [-0.25, -0.2) is 9.18 Å². The average molecular weight is 398 g/mol. The van der Waals surface area contributed by atoms with Gasteiger partial charge in [-0.1, -0.05) is 30.3 Å². The van der Waals surface area contributed by atoms with Crippen LogP contribution in [0.15, 0.2) is 79.0 Å². The van der Waals surface area contributed by atoms with E-state index in [1.807, 2.05) is 30.3 Å². The molecule has 0 aliphatic carbocycles. The lowest BCUT2D eigenvalue weighted by atomic mass is 10.1. The summed E-state index contributed by atoms with van der Waals surface area (Å²) in [4.78, 5) is 12.8. The summed E-state index contributed by atoms with van der Waals surface area (Å²) in [5.41, 5.74) is 1.33. The fourth-order valence-corrected chi connectivity index (χ4v) is 3.14. The van der Waals surface area contributed by atoms with Crippen LogP contribution in [0.3, 0.4) is 0 Å². The highest BCUT2D eigenvalue weighted by molar-refractivity contribution is 6.04. The highest BCUT2D eigenvalue weighted by Crippen LogP contribution is 2.32. The lowest BCUT2D eigenvalue weighted by molar-refractivity contribution is -0.137. The molecule has 1 heterocycles. The molecule has 3 aromatic carbocycles. The summed E-state index contributed by atoms with van der Waals surface area (Å²) < 4.78 is 53.2. The molecule has 146 valence electrons. The molecule has 0 atom stereocenters. The van der Waals surface area contributed by atoms with Crippen LogP contribution in [0, 0.1) is 5.82 Å². The van der Waals surface area contributed by atoms with Crippen LogP contribution in [0.25, 0.3) is 22.0 Å². The third kappa shape index (κ3) is 3.71. The van der Waals surface area contributed by atoms with Crippen molar-refractivity contribution in [1.29, 1.82) is 0 Å². The van der Waals surface area contributed by atoms with Gasteiger partial charge in [0.05, 0.1) is 11.1 Å². The second-order valence-corrected chi connectivity index (χ2v) is 6.45. The largest absolute Gasteiger partial charge is 0.416 e. The van der Waals surface area contributed by atoms with E-state index in [9.17, 15) is 22.4 Å². The quantitative estimate of drug-likeness (QED) is 0.382. The Hall–Kier alpha value is -3.61. The Kier molecular flexibility index (Phi) is 4.58. The van der Waals surface area contributed by atoms with E-state index >= 15 is 0 Å². The maximum absolute atomic E-state index is 13.8. The molecule has 0 unspecified atom stereocenters. The molecule has 0 spiro atoms. The molecule has 1 aromatic heterocycles. The second kappa shape index (κ2) is 7.09. The minimum Gasteiger partial charge on any atom is -0.307 e. The zero-order valence-corrected chi connectivity index (χ0v) is 14.9. The van der Waals surface area contributed by atoms with Crippen LogP contribution in [0.2, 0.25) is 0 Å². The molecule has 0 saturated heterocycles. The normalized spacial score (nSPS) is 11.6. The Morgan fingerprint density at radius 2 is 1.59 bits per heavy atom. The Balaban J connectivity index is 1.72. The molecular weight excluding hydrogens is 384 g/mol. The molecule has 1 amide bonds. The molecule has 0 bridgehead atoms. The topological polar surface area (TPSA) is 34.0 Å². The summed E-state index contributed by atoms with van der Waals surface area (Å²) in [5.74, 6) is -0.501. The van der Waals surface area contributed by atoms with E-state index in [0.717, 1.165) is 23.3 Å². The molecule has 0 fully saturated rings. The van der Waals surface area contributed by atoms with Crippen molar-refractivity contribution in [3.63, 3.8) is 0 Å². The molecule has 0 aliphatic rings. The van der Waals surface area contributed by atoms with Crippen molar-refractivity contribution in [2.75, 3.05) is 5.32 Å². The van der Waals surface area contributed by atoms with E-state index < -0.39 is 23.6 Å². The molecular formula is C22H14F4N2O. The number of nitrogens with one attached hydrogen (secondary N) is 1. The van der Waals surface area contributed by atoms with Gasteiger partial charge in [0.15, 0.2) is 0 Å². The van der Waals surface area contributed by atoms with Crippen molar-refractivity contribution in [2.24, 2.45) is 0 Å². The molecule has 29 heavy (non-hydrogen) atoms. The van der Waals surface area contributed by atoms with Crippen LogP contribution < -0.4 is 5.32 Å². The number of hydrogen-bond donors (Lipinski definition) is 1. The third-order valence-electron chi connectivity index (χ3n) is 4.53. The Labute approximate surface area is 163 Å². The predicted molar refractivity (Wildman–Crippen MR) is 103 cm³/mol. The second-order valence-electron chi connectivity index (χ2n) is 6.45. The van der Waals surface area contributed by atoms with Gasteiger partial charge in [-0.15, -0.1) is 0 Å². The van der Waals surface area contributed by atoms with E-state index in [4.69, 9.17) is 0 Å². The standard InChI is InChI=1S/C22H14F4N2O/c23-16-8-11-18-19(14-4-2-1-3-5-14)13-28(20(18)12-16)21(29)27-17-9-6-15(7-10-17)22(24,25)26/h1-13H,(H,27,29). The van der Waals surface area contributed by atoms with Crippen molar-refractivity contribution in [3.8, 4) is 11.1 Å². The first kappa shape index (κ1) is 18.7. The number of fused-ring (bicyclic) bond motifs is 1. The SMILES string of the molecule is O=C(Nc1ccc(C(F)(F)F)cc1)n1cc(-c2ccccc2)c2ccc(F)cc21. The predicted octanol–water partition coefficient (Wildman–Crippen LogP) is 6.55. The van der Waals surface area contributed by atoms with Gasteiger partial charge in [0.25, 0.3) is 0 Å². The van der Waals surface area contributed by atoms with E-state index in [0.29, 0.717) is 10.9 Å². The lowest BCUT2D eigenvalue weighted by Crippen LogP contribution is -2.18. The zero-order chi connectivity index (χ0) is 20.6. The number of nitrogens with zero attached hydrogens (tertiary/aromatic N) is 1. The zero-order valence-electron chi connectivity index (χ0n) is 14.9. The third-order valence-corrected chi connectivity index (χ3v) is 4.53. The number of carbonyl (C=O) groups is 1. The van der Waals surface area contributed by atoms with Crippen molar-refractivity contribution < 1.29 is 22.4 Å². The molecule has 0 saturated carbocycles. The maximum Gasteiger partial charge on any atom is 0.416 e. The van der Waals surface area contributed by atoms with E-state index in [1.54, 1.807) is 12.3 Å². The van der Waals surface area contributed by atoms with E-state index in [1.165, 1.54) is 28.8 Å². The van der Waals surface area contributed by atoms with Gasteiger partial charge in [-0.2, -0.15) is 13.2 Å². The van der Waals surface area contributed by atoms with Crippen LogP contribution in [-0.2, 0) is 6.18 Å². The Morgan fingerprint density at radius 1 is 0.897 bits per heavy atom. The summed E-state index contributed by atoms with van der Waals surface area (Å²) in [6.07, 6.45) is -2.87. The van der Waals surface area contributed by atoms with Gasteiger partial charge in [0.1, 0.15) is 5.82 Å². The summed E-state index contributed by atoms with van der Waals surface area (Å²) in [6, 6.07) is 17.0. The molecule has 3 nitrogen and oxygen atoms in total. The van der Waals surface area contributed by atoms with Crippen LogP contribution in [0.5, 0.6) is 0 Å². The molecule has 4 aromatic rings. The maximum atomic E-state index is 13.8. The van der Waals surface area contributed by atoms with Crippen molar-refractivity contribution in [1.82, 2.24) is 4.57 Å². The highest BCUT2D eigenvalue weighted by Gasteiger charge is 2.30. The van der Waals surface area contributed by atoms with Crippen molar-refractivity contribution in [2.45, 2.75) is 6.18 Å². The number of carbonyl (C=O) groups excluding carboxylic acids is 1. The summed E-state index contributed by atoms with van der Waals surface area (Å²) in [6.45, 7) is 0. The molecule has 7 heteroatoms. The Bertz CT molecular complexity index is 1180. The van der Waals surface area contributed by atoms with E-state index in [2.05, 4.69) is 5.32 Å². The number of halogens is 4. The number of amides is 1. The van der Waals surface area contributed by atoms with Gasteiger partial charge >= 0.3 is 12.2 Å². The fourth-order valence-electron chi connectivity index (χ4n) is 3.14. The first-order chi connectivity index (χ1) is 13.8. The van der Waals surface area contributed by atoms with E-state index in [-0.39, 0.29) is 5.69 Å². The minimum absolute atomic E-state index is 0.197. The average Bonchev–Trinajstić information content (AvgIpc) is 3.07. The lowest BCUT2D eigenvalue weighted by Gasteiger charge is -2.09. The Morgan fingerprint density at radius 3 is 2.24 bits per heavy atom. The molecule has 0 radical (unpaired) electrons. The number of aromatic nitrogens is 1. The van der Waals surface area contributed by atoms with Gasteiger partial charge < -0.3 is 5.32 Å². The van der Waals surface area contributed by atoms with Crippen LogP contribution in [0.4, 0.5) is 28.0 Å². The number of anilines is 1. The number of rotatable bonds is 2. The van der Waals surface area contributed by atoms with Gasteiger partial charge in [0.2, 0.25) is 0 Å². The van der Waals surface area contributed by atoms with Crippen LogP contribution in [-0.4, -0.2) is 10.6 Å². The molecule has 0 aliphatic heterocycles. The van der Waals surface area contributed by atoms with Crippen molar-refractivity contribution in [3.05, 3.63) is 90.4 Å². The number of hydrogen-bond acceptors (Lipinski definition) is 1. The number of benzene rings is 3.